The van der Waals surface area contributed by atoms with Gasteiger partial charge in [-0.15, -0.1) is 0 Å². The molecule has 2 N–H and O–H groups in total. The smallest absolute Gasteiger partial charge is 0.146 e. The van der Waals surface area contributed by atoms with E-state index in [0.29, 0.717) is 12.5 Å². The van der Waals surface area contributed by atoms with Gasteiger partial charge in [0.05, 0.1) is 6.54 Å². The second kappa shape index (κ2) is 5.69. The standard InChI is InChI=1S/C16H21N5/c1-12(2)9-21-16(18-11-19-21)10-20-6-5-14-7-13(8-17)3-4-15(14)20/h3-7,11-12H,8-10,17H2,1-2H3. The minimum Gasteiger partial charge on any atom is -0.340 e. The molecule has 0 aliphatic heterocycles. The minimum atomic E-state index is 0.555. The third-order valence-corrected chi connectivity index (χ3v) is 3.62. The first-order valence-electron chi connectivity index (χ1n) is 7.32. The maximum Gasteiger partial charge on any atom is 0.146 e. The molecule has 5 nitrogen and oxygen atoms in total. The fraction of sp³-hybridized carbons (Fsp3) is 0.375. The summed E-state index contributed by atoms with van der Waals surface area (Å²) in [7, 11) is 0. The largest absolute Gasteiger partial charge is 0.340 e. The molecule has 0 saturated heterocycles. The number of nitrogens with zero attached hydrogens (tertiary/aromatic N) is 4. The van der Waals surface area contributed by atoms with Gasteiger partial charge in [-0.2, -0.15) is 5.10 Å². The van der Waals surface area contributed by atoms with E-state index in [9.17, 15) is 0 Å². The first kappa shape index (κ1) is 13.8. The van der Waals surface area contributed by atoms with Crippen LogP contribution < -0.4 is 5.73 Å². The van der Waals surface area contributed by atoms with Gasteiger partial charge in [0.15, 0.2) is 0 Å². The Bertz CT molecular complexity index is 738. The summed E-state index contributed by atoms with van der Waals surface area (Å²) in [4.78, 5) is 4.40. The molecule has 0 amide bonds. The lowest BCUT2D eigenvalue weighted by molar-refractivity contribution is 0.462. The van der Waals surface area contributed by atoms with Gasteiger partial charge in [0.25, 0.3) is 0 Å². The molecular formula is C16H21N5. The zero-order valence-electron chi connectivity index (χ0n) is 12.5. The quantitative estimate of drug-likeness (QED) is 0.782. The summed E-state index contributed by atoms with van der Waals surface area (Å²) >= 11 is 0. The SMILES string of the molecule is CC(C)Cn1ncnc1Cn1ccc2cc(CN)ccc21. The van der Waals surface area contributed by atoms with Crippen molar-refractivity contribution < 1.29 is 0 Å². The molecule has 0 fully saturated rings. The van der Waals surface area contributed by atoms with Crippen molar-refractivity contribution >= 4 is 10.9 Å². The Morgan fingerprint density at radius 1 is 1.24 bits per heavy atom. The van der Waals surface area contributed by atoms with Crippen LogP contribution >= 0.6 is 0 Å². The molecule has 0 radical (unpaired) electrons. The lowest BCUT2D eigenvalue weighted by Gasteiger charge is -2.10. The van der Waals surface area contributed by atoms with E-state index in [1.165, 1.54) is 10.9 Å². The zero-order valence-corrected chi connectivity index (χ0v) is 12.5. The van der Waals surface area contributed by atoms with E-state index < -0.39 is 0 Å². The van der Waals surface area contributed by atoms with Crippen molar-refractivity contribution in [2.24, 2.45) is 11.7 Å². The highest BCUT2D eigenvalue weighted by atomic mass is 15.3. The van der Waals surface area contributed by atoms with E-state index >= 15 is 0 Å². The third-order valence-electron chi connectivity index (χ3n) is 3.62. The van der Waals surface area contributed by atoms with Crippen LogP contribution in [-0.2, 0) is 19.6 Å². The van der Waals surface area contributed by atoms with Crippen LogP contribution in [0.1, 0.15) is 25.2 Å². The molecule has 21 heavy (non-hydrogen) atoms. The van der Waals surface area contributed by atoms with Crippen LogP contribution in [0.15, 0.2) is 36.8 Å². The molecular weight excluding hydrogens is 262 g/mol. The summed E-state index contributed by atoms with van der Waals surface area (Å²) in [5, 5.41) is 5.54. The van der Waals surface area contributed by atoms with E-state index in [1.807, 2.05) is 4.68 Å². The highest BCUT2D eigenvalue weighted by molar-refractivity contribution is 5.80. The summed E-state index contributed by atoms with van der Waals surface area (Å²) in [6, 6.07) is 8.47. The highest BCUT2D eigenvalue weighted by Crippen LogP contribution is 2.18. The highest BCUT2D eigenvalue weighted by Gasteiger charge is 2.09. The average Bonchev–Trinajstić information content (AvgIpc) is 3.06. The predicted molar refractivity (Wildman–Crippen MR) is 83.8 cm³/mol. The summed E-state index contributed by atoms with van der Waals surface area (Å²) in [5.41, 5.74) is 8.05. The van der Waals surface area contributed by atoms with Gasteiger partial charge in [-0.25, -0.2) is 9.67 Å². The van der Waals surface area contributed by atoms with Gasteiger partial charge < -0.3 is 10.3 Å². The molecule has 0 saturated carbocycles. The van der Waals surface area contributed by atoms with E-state index in [-0.39, 0.29) is 0 Å². The molecule has 1 aromatic carbocycles. The third kappa shape index (κ3) is 2.83. The van der Waals surface area contributed by atoms with Crippen molar-refractivity contribution in [1.82, 2.24) is 19.3 Å². The van der Waals surface area contributed by atoms with Crippen LogP contribution in [0.25, 0.3) is 10.9 Å². The molecule has 3 aromatic rings. The Kier molecular flexibility index (Phi) is 3.75. The van der Waals surface area contributed by atoms with E-state index in [0.717, 1.165) is 24.5 Å². The van der Waals surface area contributed by atoms with Gasteiger partial charge >= 0.3 is 0 Å². The number of hydrogen-bond acceptors (Lipinski definition) is 3. The Labute approximate surface area is 124 Å². The van der Waals surface area contributed by atoms with Gasteiger partial charge in [0.2, 0.25) is 0 Å². The van der Waals surface area contributed by atoms with Gasteiger partial charge in [-0.05, 0) is 35.1 Å². The summed E-state index contributed by atoms with van der Waals surface area (Å²) in [6.07, 6.45) is 3.73. The molecule has 0 aliphatic carbocycles. The number of nitrogens with two attached hydrogens (primary N) is 1. The van der Waals surface area contributed by atoms with Crippen LogP contribution in [0.2, 0.25) is 0 Å². The fourth-order valence-electron chi connectivity index (χ4n) is 2.58. The Balaban J connectivity index is 1.90. The Hall–Kier alpha value is -2.14. The second-order valence-electron chi connectivity index (χ2n) is 5.79. The van der Waals surface area contributed by atoms with Crippen LogP contribution in [0, 0.1) is 5.92 Å². The van der Waals surface area contributed by atoms with Crippen molar-refractivity contribution in [2.45, 2.75) is 33.5 Å². The molecule has 0 spiro atoms. The van der Waals surface area contributed by atoms with Gasteiger partial charge in [-0.3, -0.25) is 0 Å². The molecule has 2 aromatic heterocycles. The van der Waals surface area contributed by atoms with Crippen molar-refractivity contribution in [1.29, 1.82) is 0 Å². The Morgan fingerprint density at radius 2 is 2.10 bits per heavy atom. The normalized spacial score (nSPS) is 11.6. The minimum absolute atomic E-state index is 0.555. The molecule has 110 valence electrons. The summed E-state index contributed by atoms with van der Waals surface area (Å²) < 4.78 is 4.20. The monoisotopic (exact) mass is 283 g/mol. The number of fused-ring (bicyclic) bond motifs is 1. The van der Waals surface area contributed by atoms with Gasteiger partial charge in [-0.1, -0.05) is 19.9 Å². The molecule has 0 bridgehead atoms. The van der Waals surface area contributed by atoms with E-state index in [4.69, 9.17) is 5.73 Å². The first-order chi connectivity index (χ1) is 10.2. The van der Waals surface area contributed by atoms with Crippen LogP contribution in [0.4, 0.5) is 0 Å². The van der Waals surface area contributed by atoms with Gasteiger partial charge in [0, 0.05) is 24.8 Å². The molecule has 3 rings (SSSR count). The van der Waals surface area contributed by atoms with Crippen molar-refractivity contribution in [3.05, 3.63) is 48.2 Å². The molecule has 5 heteroatoms. The zero-order chi connectivity index (χ0) is 14.8. The topological polar surface area (TPSA) is 61.7 Å². The lowest BCUT2D eigenvalue weighted by Crippen LogP contribution is -2.12. The van der Waals surface area contributed by atoms with Crippen LogP contribution in [0.5, 0.6) is 0 Å². The van der Waals surface area contributed by atoms with E-state index in [1.54, 1.807) is 6.33 Å². The maximum atomic E-state index is 5.70. The fourth-order valence-corrected chi connectivity index (χ4v) is 2.58. The van der Waals surface area contributed by atoms with Crippen molar-refractivity contribution in [2.75, 3.05) is 0 Å². The molecule has 0 unspecified atom stereocenters. The van der Waals surface area contributed by atoms with Crippen LogP contribution in [-0.4, -0.2) is 19.3 Å². The average molecular weight is 283 g/mol. The molecule has 0 aliphatic rings. The van der Waals surface area contributed by atoms with Crippen molar-refractivity contribution in [3.8, 4) is 0 Å². The van der Waals surface area contributed by atoms with Crippen LogP contribution in [0.3, 0.4) is 0 Å². The maximum absolute atomic E-state index is 5.70. The summed E-state index contributed by atoms with van der Waals surface area (Å²) in [5.74, 6) is 1.54. The number of hydrogen-bond donors (Lipinski definition) is 1. The number of rotatable bonds is 5. The lowest BCUT2D eigenvalue weighted by atomic mass is 10.1. The Morgan fingerprint density at radius 3 is 2.86 bits per heavy atom. The van der Waals surface area contributed by atoms with E-state index in [2.05, 4.69) is 59.0 Å². The predicted octanol–water partition coefficient (Wildman–Crippen LogP) is 2.40. The first-order valence-corrected chi connectivity index (χ1v) is 7.32. The second-order valence-corrected chi connectivity index (χ2v) is 5.79. The number of benzene rings is 1. The summed E-state index contributed by atoms with van der Waals surface area (Å²) in [6.45, 7) is 6.57. The number of aromatic nitrogens is 4. The molecule has 0 atom stereocenters. The molecule has 2 heterocycles. The van der Waals surface area contributed by atoms with Gasteiger partial charge in [0.1, 0.15) is 12.2 Å². The van der Waals surface area contributed by atoms with Crippen molar-refractivity contribution in [3.63, 3.8) is 0 Å².